The lowest BCUT2D eigenvalue weighted by Gasteiger charge is -2.03. The Bertz CT molecular complexity index is 843. The average molecular weight is 325 g/mol. The molecule has 0 saturated heterocycles. The van der Waals surface area contributed by atoms with Crippen LogP contribution in [0.15, 0.2) is 52.9 Å². The van der Waals surface area contributed by atoms with E-state index in [9.17, 15) is 4.79 Å². The average Bonchev–Trinajstić information content (AvgIpc) is 3.10. The molecular weight excluding hydrogens is 310 g/mol. The summed E-state index contributed by atoms with van der Waals surface area (Å²) in [4.78, 5) is 12.2. The van der Waals surface area contributed by atoms with Gasteiger partial charge in [0.05, 0.1) is 14.2 Å². The van der Waals surface area contributed by atoms with Crippen LogP contribution in [-0.2, 0) is 0 Å². The van der Waals surface area contributed by atoms with E-state index in [4.69, 9.17) is 13.9 Å². The zero-order valence-electron chi connectivity index (χ0n) is 13.1. The Labute approximate surface area is 138 Å². The Morgan fingerprint density at radius 3 is 2.46 bits per heavy atom. The van der Waals surface area contributed by atoms with Crippen LogP contribution in [0.3, 0.4) is 0 Å². The van der Waals surface area contributed by atoms with E-state index in [1.54, 1.807) is 55.6 Å². The van der Waals surface area contributed by atoms with E-state index < -0.39 is 0 Å². The molecule has 0 saturated carbocycles. The number of anilines is 1. The molecule has 7 nitrogen and oxygen atoms in total. The molecule has 0 unspecified atom stereocenters. The minimum Gasteiger partial charge on any atom is -0.497 e. The molecule has 3 aromatic rings. The van der Waals surface area contributed by atoms with Crippen molar-refractivity contribution in [1.29, 1.82) is 0 Å². The summed E-state index contributed by atoms with van der Waals surface area (Å²) >= 11 is 0. The molecule has 0 aliphatic heterocycles. The van der Waals surface area contributed by atoms with E-state index in [1.807, 2.05) is 0 Å². The fourth-order valence-electron chi connectivity index (χ4n) is 2.06. The van der Waals surface area contributed by atoms with Crippen LogP contribution >= 0.6 is 0 Å². The highest BCUT2D eigenvalue weighted by atomic mass is 16.5. The van der Waals surface area contributed by atoms with Crippen LogP contribution in [0.4, 0.5) is 6.01 Å². The van der Waals surface area contributed by atoms with Gasteiger partial charge >= 0.3 is 6.01 Å². The molecule has 24 heavy (non-hydrogen) atoms. The van der Waals surface area contributed by atoms with Gasteiger partial charge in [-0.2, -0.15) is 0 Å². The van der Waals surface area contributed by atoms with Gasteiger partial charge < -0.3 is 13.9 Å². The maximum atomic E-state index is 12.2. The number of hydrogen-bond acceptors (Lipinski definition) is 6. The standard InChI is InChI=1S/C17H15N3O4/c1-22-13-8-6-11(7-9-13)16-19-20-17(24-16)18-15(21)12-4-3-5-14(10-12)23-2/h3-10H,1-2H3,(H,18,20,21). The monoisotopic (exact) mass is 325 g/mol. The van der Waals surface area contributed by atoms with Crippen LogP contribution in [-0.4, -0.2) is 30.3 Å². The number of carbonyl (C=O) groups is 1. The summed E-state index contributed by atoms with van der Waals surface area (Å²) in [6.07, 6.45) is 0. The number of nitrogens with zero attached hydrogens (tertiary/aromatic N) is 2. The maximum Gasteiger partial charge on any atom is 0.322 e. The molecule has 3 rings (SSSR count). The Morgan fingerprint density at radius 2 is 1.75 bits per heavy atom. The molecule has 0 fully saturated rings. The first-order valence-electron chi connectivity index (χ1n) is 7.13. The first-order chi connectivity index (χ1) is 11.7. The number of nitrogens with one attached hydrogen (secondary N) is 1. The minimum atomic E-state index is -0.362. The highest BCUT2D eigenvalue weighted by molar-refractivity contribution is 6.03. The third kappa shape index (κ3) is 3.35. The smallest absolute Gasteiger partial charge is 0.322 e. The van der Waals surface area contributed by atoms with Gasteiger partial charge in [-0.1, -0.05) is 11.2 Å². The van der Waals surface area contributed by atoms with Crippen molar-refractivity contribution < 1.29 is 18.7 Å². The molecule has 1 amide bonds. The predicted octanol–water partition coefficient (Wildman–Crippen LogP) is 3.01. The summed E-state index contributed by atoms with van der Waals surface area (Å²) in [5.74, 6) is 1.26. The fraction of sp³-hybridized carbons (Fsp3) is 0.118. The van der Waals surface area contributed by atoms with Crippen molar-refractivity contribution >= 4 is 11.9 Å². The second kappa shape index (κ2) is 6.82. The van der Waals surface area contributed by atoms with Gasteiger partial charge in [0.25, 0.3) is 5.91 Å². The number of rotatable bonds is 5. The molecule has 122 valence electrons. The Hall–Kier alpha value is -3.35. The SMILES string of the molecule is COc1ccc(-c2nnc(NC(=O)c3cccc(OC)c3)o2)cc1. The lowest BCUT2D eigenvalue weighted by Crippen LogP contribution is -2.12. The minimum absolute atomic E-state index is 0.0219. The summed E-state index contributed by atoms with van der Waals surface area (Å²) in [6, 6.07) is 13.9. The van der Waals surface area contributed by atoms with Gasteiger partial charge in [-0.25, -0.2) is 0 Å². The Kier molecular flexibility index (Phi) is 4.42. The van der Waals surface area contributed by atoms with Crippen molar-refractivity contribution in [3.05, 3.63) is 54.1 Å². The van der Waals surface area contributed by atoms with Gasteiger partial charge in [0.15, 0.2) is 0 Å². The lowest BCUT2D eigenvalue weighted by atomic mass is 10.2. The van der Waals surface area contributed by atoms with Gasteiger partial charge in [-0.3, -0.25) is 10.1 Å². The molecule has 0 radical (unpaired) electrons. The highest BCUT2D eigenvalue weighted by Crippen LogP contribution is 2.23. The molecule has 2 aromatic carbocycles. The number of amides is 1. The number of hydrogen-bond donors (Lipinski definition) is 1. The third-order valence-electron chi connectivity index (χ3n) is 3.31. The first-order valence-corrected chi connectivity index (χ1v) is 7.13. The van der Waals surface area contributed by atoms with E-state index in [0.717, 1.165) is 11.3 Å². The number of carbonyl (C=O) groups excluding carboxylic acids is 1. The normalized spacial score (nSPS) is 10.2. The summed E-state index contributed by atoms with van der Waals surface area (Å²) in [7, 11) is 3.13. The molecule has 0 bridgehead atoms. The third-order valence-corrected chi connectivity index (χ3v) is 3.31. The van der Waals surface area contributed by atoms with Crippen molar-refractivity contribution in [3.8, 4) is 23.0 Å². The van der Waals surface area contributed by atoms with Crippen LogP contribution in [0.1, 0.15) is 10.4 Å². The largest absolute Gasteiger partial charge is 0.497 e. The van der Waals surface area contributed by atoms with Crippen molar-refractivity contribution in [2.24, 2.45) is 0 Å². The molecule has 1 aromatic heterocycles. The second-order valence-electron chi connectivity index (χ2n) is 4.83. The topological polar surface area (TPSA) is 86.5 Å². The van der Waals surface area contributed by atoms with E-state index in [0.29, 0.717) is 17.2 Å². The van der Waals surface area contributed by atoms with Gasteiger partial charge in [0, 0.05) is 11.1 Å². The van der Waals surface area contributed by atoms with Crippen LogP contribution in [0.25, 0.3) is 11.5 Å². The second-order valence-corrected chi connectivity index (χ2v) is 4.83. The van der Waals surface area contributed by atoms with Crippen molar-refractivity contribution in [1.82, 2.24) is 10.2 Å². The molecule has 0 aliphatic carbocycles. The van der Waals surface area contributed by atoms with E-state index in [-0.39, 0.29) is 11.9 Å². The molecule has 0 spiro atoms. The molecule has 0 aliphatic rings. The Balaban J connectivity index is 1.74. The Morgan fingerprint density at radius 1 is 1.00 bits per heavy atom. The quantitative estimate of drug-likeness (QED) is 0.776. The molecule has 1 N–H and O–H groups in total. The van der Waals surface area contributed by atoms with Gasteiger partial charge in [0.1, 0.15) is 11.5 Å². The number of aromatic nitrogens is 2. The first kappa shape index (κ1) is 15.5. The number of methoxy groups -OCH3 is 2. The zero-order valence-corrected chi connectivity index (χ0v) is 13.1. The molecule has 0 atom stereocenters. The van der Waals surface area contributed by atoms with Crippen LogP contribution in [0, 0.1) is 0 Å². The summed E-state index contributed by atoms with van der Waals surface area (Å²) in [5, 5.41) is 10.3. The van der Waals surface area contributed by atoms with Crippen LogP contribution in [0.5, 0.6) is 11.5 Å². The summed E-state index contributed by atoms with van der Waals surface area (Å²) < 4.78 is 15.7. The van der Waals surface area contributed by atoms with Gasteiger partial charge in [0.2, 0.25) is 5.89 Å². The van der Waals surface area contributed by atoms with E-state index in [2.05, 4.69) is 15.5 Å². The maximum absolute atomic E-state index is 12.2. The zero-order chi connectivity index (χ0) is 16.9. The molecule has 1 heterocycles. The number of ether oxygens (including phenoxy) is 2. The van der Waals surface area contributed by atoms with Crippen LogP contribution < -0.4 is 14.8 Å². The molecular formula is C17H15N3O4. The van der Waals surface area contributed by atoms with E-state index >= 15 is 0 Å². The van der Waals surface area contributed by atoms with Crippen molar-refractivity contribution in [2.45, 2.75) is 0 Å². The van der Waals surface area contributed by atoms with Gasteiger partial charge in [-0.05, 0) is 42.5 Å². The van der Waals surface area contributed by atoms with Crippen molar-refractivity contribution in [2.75, 3.05) is 19.5 Å². The highest BCUT2D eigenvalue weighted by Gasteiger charge is 2.13. The summed E-state index contributed by atoms with van der Waals surface area (Å²) in [6.45, 7) is 0. The molecule has 7 heteroatoms. The lowest BCUT2D eigenvalue weighted by molar-refractivity contribution is 0.102. The van der Waals surface area contributed by atoms with Gasteiger partial charge in [-0.15, -0.1) is 5.10 Å². The summed E-state index contributed by atoms with van der Waals surface area (Å²) in [5.41, 5.74) is 1.16. The van der Waals surface area contributed by atoms with Crippen LogP contribution in [0.2, 0.25) is 0 Å². The van der Waals surface area contributed by atoms with Crippen molar-refractivity contribution in [3.63, 3.8) is 0 Å². The van der Waals surface area contributed by atoms with E-state index in [1.165, 1.54) is 7.11 Å². The predicted molar refractivity (Wildman–Crippen MR) is 87.2 cm³/mol. The number of benzene rings is 2. The fourth-order valence-corrected chi connectivity index (χ4v) is 2.06.